The van der Waals surface area contributed by atoms with E-state index in [1.165, 1.54) is 12.1 Å². The van der Waals surface area contributed by atoms with Crippen LogP contribution in [0.3, 0.4) is 0 Å². The molecule has 11 heteroatoms. The number of morpholine rings is 1. The van der Waals surface area contributed by atoms with Gasteiger partial charge >= 0.3 is 6.18 Å². The highest BCUT2D eigenvalue weighted by molar-refractivity contribution is 6.02. The fraction of sp³-hybridized carbons (Fsp3) is 0.353. The normalized spacial score (nSPS) is 17.2. The molecule has 3 rings (SSSR count). The van der Waals surface area contributed by atoms with Crippen molar-refractivity contribution in [1.29, 1.82) is 0 Å². The van der Waals surface area contributed by atoms with Gasteiger partial charge in [0.25, 0.3) is 5.91 Å². The van der Waals surface area contributed by atoms with Gasteiger partial charge in [-0.3, -0.25) is 4.79 Å². The van der Waals surface area contributed by atoms with E-state index in [2.05, 4.69) is 25.3 Å². The Balaban J connectivity index is 1.61. The van der Waals surface area contributed by atoms with E-state index in [-0.39, 0.29) is 17.3 Å². The minimum absolute atomic E-state index is 0.163. The lowest BCUT2D eigenvalue weighted by Crippen LogP contribution is -2.33. The van der Waals surface area contributed by atoms with Gasteiger partial charge in [-0.15, -0.1) is 0 Å². The molecule has 0 saturated carbocycles. The van der Waals surface area contributed by atoms with Gasteiger partial charge in [0.05, 0.1) is 25.1 Å². The standard InChI is InChI=1S/C17H16F4N4O3/c18-12-5-10(1-2-11(12)14-7-22-3-4-27-14)25-16(26)13-6-24-15(8-23-13)28-9-17(19,20)21/h1-2,5-6,8,14,22H,3-4,7,9H2,(H,25,26)/t14-/m0/s1. The Kier molecular flexibility index (Phi) is 6.05. The molecule has 1 saturated heterocycles. The van der Waals surface area contributed by atoms with Crippen LogP contribution in [0, 0.1) is 5.82 Å². The topological polar surface area (TPSA) is 85.4 Å². The van der Waals surface area contributed by atoms with Crippen LogP contribution in [0.5, 0.6) is 5.88 Å². The lowest BCUT2D eigenvalue weighted by Gasteiger charge is -2.24. The monoisotopic (exact) mass is 400 g/mol. The summed E-state index contributed by atoms with van der Waals surface area (Å²) >= 11 is 0. The average molecular weight is 400 g/mol. The molecule has 0 spiro atoms. The lowest BCUT2D eigenvalue weighted by atomic mass is 10.1. The van der Waals surface area contributed by atoms with Gasteiger partial charge < -0.3 is 20.1 Å². The quantitative estimate of drug-likeness (QED) is 0.751. The number of benzene rings is 1. The number of halogens is 4. The largest absolute Gasteiger partial charge is 0.467 e. The van der Waals surface area contributed by atoms with Crippen LogP contribution in [-0.4, -0.2) is 48.4 Å². The van der Waals surface area contributed by atoms with Crippen molar-refractivity contribution in [1.82, 2.24) is 15.3 Å². The number of ether oxygens (including phenoxy) is 2. The molecule has 1 atom stereocenters. The fourth-order valence-electron chi connectivity index (χ4n) is 2.49. The molecule has 2 aromatic rings. The van der Waals surface area contributed by atoms with E-state index in [4.69, 9.17) is 4.74 Å². The summed E-state index contributed by atoms with van der Waals surface area (Å²) in [4.78, 5) is 19.4. The van der Waals surface area contributed by atoms with Crippen LogP contribution in [0.4, 0.5) is 23.2 Å². The summed E-state index contributed by atoms with van der Waals surface area (Å²) in [6, 6.07) is 4.18. The molecule has 0 bridgehead atoms. The first-order valence-corrected chi connectivity index (χ1v) is 8.26. The molecular formula is C17H16F4N4O3. The number of hydrogen-bond donors (Lipinski definition) is 2. The van der Waals surface area contributed by atoms with Crippen molar-refractivity contribution in [3.8, 4) is 5.88 Å². The number of alkyl halides is 3. The molecule has 1 amide bonds. The van der Waals surface area contributed by atoms with E-state index in [0.29, 0.717) is 25.3 Å². The van der Waals surface area contributed by atoms with Crippen molar-refractivity contribution in [3.63, 3.8) is 0 Å². The van der Waals surface area contributed by atoms with E-state index in [9.17, 15) is 22.4 Å². The predicted molar refractivity (Wildman–Crippen MR) is 89.5 cm³/mol. The van der Waals surface area contributed by atoms with E-state index in [0.717, 1.165) is 18.5 Å². The van der Waals surface area contributed by atoms with Crippen molar-refractivity contribution in [2.24, 2.45) is 0 Å². The Bertz CT molecular complexity index is 824. The number of hydrogen-bond acceptors (Lipinski definition) is 6. The number of aromatic nitrogens is 2. The second-order valence-electron chi connectivity index (χ2n) is 5.90. The van der Waals surface area contributed by atoms with Gasteiger partial charge in [0.1, 0.15) is 11.5 Å². The number of nitrogens with zero attached hydrogens (tertiary/aromatic N) is 2. The molecule has 2 N–H and O–H groups in total. The van der Waals surface area contributed by atoms with Gasteiger partial charge in [-0.2, -0.15) is 13.2 Å². The van der Waals surface area contributed by atoms with Crippen molar-refractivity contribution < 1.29 is 31.8 Å². The van der Waals surface area contributed by atoms with E-state index < -0.39 is 30.6 Å². The third-order valence-electron chi connectivity index (χ3n) is 3.78. The minimum Gasteiger partial charge on any atom is -0.467 e. The van der Waals surface area contributed by atoms with Gasteiger partial charge in [-0.05, 0) is 12.1 Å². The van der Waals surface area contributed by atoms with E-state index in [1.807, 2.05) is 0 Å². The Hall–Kier alpha value is -2.79. The second-order valence-corrected chi connectivity index (χ2v) is 5.90. The highest BCUT2D eigenvalue weighted by Gasteiger charge is 2.28. The second kappa shape index (κ2) is 8.48. The van der Waals surface area contributed by atoms with Gasteiger partial charge in [-0.25, -0.2) is 14.4 Å². The van der Waals surface area contributed by atoms with Gasteiger partial charge in [0, 0.05) is 24.3 Å². The summed E-state index contributed by atoms with van der Waals surface area (Å²) in [5.74, 6) is -1.60. The number of nitrogens with one attached hydrogen (secondary N) is 2. The third kappa shape index (κ3) is 5.36. The first-order valence-electron chi connectivity index (χ1n) is 8.26. The number of carbonyl (C=O) groups excluding carboxylic acids is 1. The zero-order valence-electron chi connectivity index (χ0n) is 14.4. The van der Waals surface area contributed by atoms with Crippen molar-refractivity contribution in [2.75, 3.05) is 31.6 Å². The number of anilines is 1. The first kappa shape index (κ1) is 20.0. The van der Waals surface area contributed by atoms with Crippen LogP contribution in [0.25, 0.3) is 0 Å². The van der Waals surface area contributed by atoms with Crippen LogP contribution in [0.2, 0.25) is 0 Å². The maximum atomic E-state index is 14.3. The van der Waals surface area contributed by atoms with Gasteiger partial charge in [0.15, 0.2) is 6.61 Å². The molecular weight excluding hydrogens is 384 g/mol. The molecule has 2 heterocycles. The summed E-state index contributed by atoms with van der Waals surface area (Å²) in [6.45, 7) is 0.150. The Morgan fingerprint density at radius 2 is 2.14 bits per heavy atom. The molecule has 7 nitrogen and oxygen atoms in total. The molecule has 150 valence electrons. The summed E-state index contributed by atoms with van der Waals surface area (Å²) < 4.78 is 60.5. The van der Waals surface area contributed by atoms with Crippen LogP contribution in [0.15, 0.2) is 30.6 Å². The molecule has 28 heavy (non-hydrogen) atoms. The SMILES string of the molecule is O=C(Nc1ccc([C@@H]2CNCCO2)c(F)c1)c1cnc(OCC(F)(F)F)cn1. The summed E-state index contributed by atoms with van der Waals surface area (Å²) in [7, 11) is 0. The molecule has 0 aliphatic carbocycles. The van der Waals surface area contributed by atoms with Crippen molar-refractivity contribution >= 4 is 11.6 Å². The molecule has 1 aliphatic rings. The minimum atomic E-state index is -4.51. The van der Waals surface area contributed by atoms with Gasteiger partial charge in [0.2, 0.25) is 5.88 Å². The van der Waals surface area contributed by atoms with Crippen molar-refractivity contribution in [2.45, 2.75) is 12.3 Å². The summed E-state index contributed by atoms with van der Waals surface area (Å²) in [5, 5.41) is 5.55. The fourth-order valence-corrected chi connectivity index (χ4v) is 2.49. The van der Waals surface area contributed by atoms with E-state index >= 15 is 0 Å². The lowest BCUT2D eigenvalue weighted by molar-refractivity contribution is -0.154. The number of carbonyl (C=O) groups is 1. The molecule has 0 radical (unpaired) electrons. The molecule has 1 aromatic heterocycles. The van der Waals surface area contributed by atoms with Crippen LogP contribution in [0.1, 0.15) is 22.2 Å². The zero-order valence-corrected chi connectivity index (χ0v) is 14.4. The van der Waals surface area contributed by atoms with Crippen molar-refractivity contribution in [3.05, 3.63) is 47.7 Å². The molecule has 1 aliphatic heterocycles. The number of rotatable bonds is 5. The molecule has 1 aromatic carbocycles. The summed E-state index contributed by atoms with van der Waals surface area (Å²) in [5.41, 5.74) is 0.397. The first-order chi connectivity index (χ1) is 13.3. The number of amides is 1. The highest BCUT2D eigenvalue weighted by Crippen LogP contribution is 2.24. The molecule has 1 fully saturated rings. The highest BCUT2D eigenvalue weighted by atomic mass is 19.4. The maximum absolute atomic E-state index is 14.3. The van der Waals surface area contributed by atoms with E-state index in [1.54, 1.807) is 0 Å². The van der Waals surface area contributed by atoms with Crippen LogP contribution in [-0.2, 0) is 4.74 Å². The summed E-state index contributed by atoms with van der Waals surface area (Å²) in [6.07, 6.45) is -3.05. The average Bonchev–Trinajstić information content (AvgIpc) is 2.67. The Labute approximate surface area is 157 Å². The predicted octanol–water partition coefficient (Wildman–Crippen LogP) is 2.47. The van der Waals surface area contributed by atoms with Crippen LogP contribution >= 0.6 is 0 Å². The van der Waals surface area contributed by atoms with Crippen LogP contribution < -0.4 is 15.4 Å². The maximum Gasteiger partial charge on any atom is 0.422 e. The third-order valence-corrected chi connectivity index (χ3v) is 3.78. The Morgan fingerprint density at radius 1 is 1.32 bits per heavy atom. The smallest absolute Gasteiger partial charge is 0.422 e. The van der Waals surface area contributed by atoms with Gasteiger partial charge in [-0.1, -0.05) is 6.07 Å². The zero-order chi connectivity index (χ0) is 20.1. The molecule has 0 unspecified atom stereocenters. The Morgan fingerprint density at radius 3 is 2.75 bits per heavy atom.